The standard InChI is InChI=1S/C16H21BN2O4/c1-6-21-14(20)11-9-12(13-18-7-8-19(13)10-11)17-22-15(2,3)16(4,5)23-17/h7-10H,6H2,1-5H3. The molecule has 0 saturated carbocycles. The summed E-state index contributed by atoms with van der Waals surface area (Å²) in [7, 11) is -0.584. The van der Waals surface area contributed by atoms with Crippen LogP contribution < -0.4 is 5.46 Å². The molecule has 1 aliphatic rings. The molecule has 2 aromatic rings. The molecule has 1 aliphatic heterocycles. The molecule has 0 aliphatic carbocycles. The van der Waals surface area contributed by atoms with Gasteiger partial charge in [0.05, 0.1) is 23.4 Å². The molecule has 0 atom stereocenters. The van der Waals surface area contributed by atoms with E-state index in [1.807, 2.05) is 27.7 Å². The van der Waals surface area contributed by atoms with Crippen LogP contribution in [0.4, 0.5) is 0 Å². The second-order valence-electron chi connectivity index (χ2n) is 6.65. The van der Waals surface area contributed by atoms with Crippen LogP contribution in [0.15, 0.2) is 24.7 Å². The molecule has 0 radical (unpaired) electrons. The third kappa shape index (κ3) is 2.64. The lowest BCUT2D eigenvalue weighted by Crippen LogP contribution is -2.41. The third-order valence-corrected chi connectivity index (χ3v) is 4.53. The van der Waals surface area contributed by atoms with Crippen molar-refractivity contribution in [3.63, 3.8) is 0 Å². The monoisotopic (exact) mass is 316 g/mol. The van der Waals surface area contributed by atoms with Gasteiger partial charge in [0, 0.05) is 24.1 Å². The van der Waals surface area contributed by atoms with Gasteiger partial charge in [-0.05, 0) is 40.7 Å². The molecule has 2 aromatic heterocycles. The van der Waals surface area contributed by atoms with Gasteiger partial charge in [0.15, 0.2) is 0 Å². The summed E-state index contributed by atoms with van der Waals surface area (Å²) in [6.45, 7) is 10.1. The summed E-state index contributed by atoms with van der Waals surface area (Å²) < 4.78 is 19.1. The van der Waals surface area contributed by atoms with Crippen LogP contribution in [-0.2, 0) is 14.0 Å². The smallest absolute Gasteiger partial charge is 0.462 e. The normalized spacial score (nSPS) is 19.3. The van der Waals surface area contributed by atoms with E-state index in [2.05, 4.69) is 4.98 Å². The molecule has 0 bridgehead atoms. The molecule has 122 valence electrons. The number of rotatable bonds is 3. The minimum atomic E-state index is -0.584. The molecule has 1 fully saturated rings. The highest BCUT2D eigenvalue weighted by Crippen LogP contribution is 2.36. The van der Waals surface area contributed by atoms with Crippen LogP contribution in [0, 0.1) is 0 Å². The zero-order chi connectivity index (χ0) is 16.8. The molecule has 0 spiro atoms. The number of imidazole rings is 1. The lowest BCUT2D eigenvalue weighted by atomic mass is 9.79. The summed E-state index contributed by atoms with van der Waals surface area (Å²) in [6.07, 6.45) is 5.17. The van der Waals surface area contributed by atoms with E-state index in [0.29, 0.717) is 17.8 Å². The Hall–Kier alpha value is -1.86. The van der Waals surface area contributed by atoms with Gasteiger partial charge in [0.1, 0.15) is 5.65 Å². The number of hydrogen-bond donors (Lipinski definition) is 0. The van der Waals surface area contributed by atoms with Gasteiger partial charge < -0.3 is 18.4 Å². The Morgan fingerprint density at radius 3 is 2.57 bits per heavy atom. The first-order valence-corrected chi connectivity index (χ1v) is 7.74. The first-order chi connectivity index (χ1) is 10.7. The van der Waals surface area contributed by atoms with Gasteiger partial charge >= 0.3 is 13.1 Å². The van der Waals surface area contributed by atoms with Crippen molar-refractivity contribution in [1.82, 2.24) is 9.38 Å². The van der Waals surface area contributed by atoms with E-state index in [1.165, 1.54) is 0 Å². The Labute approximate surface area is 135 Å². The molecule has 0 N–H and O–H groups in total. The number of carbonyl (C=O) groups excluding carboxylic acids is 1. The molecule has 7 heteroatoms. The molecule has 0 unspecified atom stereocenters. The fourth-order valence-electron chi connectivity index (χ4n) is 2.53. The average Bonchev–Trinajstić information content (AvgIpc) is 3.00. The zero-order valence-corrected chi connectivity index (χ0v) is 14.1. The first kappa shape index (κ1) is 16.0. The lowest BCUT2D eigenvalue weighted by Gasteiger charge is -2.32. The van der Waals surface area contributed by atoms with Gasteiger partial charge in [0.25, 0.3) is 0 Å². The van der Waals surface area contributed by atoms with Crippen LogP contribution >= 0.6 is 0 Å². The van der Waals surface area contributed by atoms with E-state index < -0.39 is 18.3 Å². The predicted octanol–water partition coefficient (Wildman–Crippen LogP) is 1.81. The molecule has 3 heterocycles. The maximum Gasteiger partial charge on any atom is 0.498 e. The van der Waals surface area contributed by atoms with Gasteiger partial charge in [-0.15, -0.1) is 0 Å². The van der Waals surface area contributed by atoms with E-state index in [1.54, 1.807) is 36.0 Å². The van der Waals surface area contributed by atoms with Gasteiger partial charge in [0.2, 0.25) is 0 Å². The fourth-order valence-corrected chi connectivity index (χ4v) is 2.53. The van der Waals surface area contributed by atoms with Crippen molar-refractivity contribution in [3.05, 3.63) is 30.2 Å². The van der Waals surface area contributed by atoms with Crippen molar-refractivity contribution in [1.29, 1.82) is 0 Å². The predicted molar refractivity (Wildman–Crippen MR) is 86.9 cm³/mol. The minimum absolute atomic E-state index is 0.326. The summed E-state index contributed by atoms with van der Waals surface area (Å²) in [5, 5.41) is 0. The van der Waals surface area contributed by atoms with Crippen LogP contribution in [0.25, 0.3) is 5.65 Å². The van der Waals surface area contributed by atoms with Gasteiger partial charge in [-0.2, -0.15) is 0 Å². The molecular formula is C16H21BN2O4. The Morgan fingerprint density at radius 1 is 1.30 bits per heavy atom. The number of nitrogens with zero attached hydrogens (tertiary/aromatic N) is 2. The largest absolute Gasteiger partial charge is 0.498 e. The van der Waals surface area contributed by atoms with E-state index >= 15 is 0 Å². The van der Waals surface area contributed by atoms with Crippen LogP contribution in [0.2, 0.25) is 0 Å². The summed E-state index contributed by atoms with van der Waals surface area (Å²) in [5.41, 5.74) is 0.959. The summed E-state index contributed by atoms with van der Waals surface area (Å²) >= 11 is 0. The second kappa shape index (κ2) is 5.35. The Balaban J connectivity index is 2.07. The Bertz CT molecular complexity index is 738. The molecule has 0 aromatic carbocycles. The highest BCUT2D eigenvalue weighted by Gasteiger charge is 2.52. The van der Waals surface area contributed by atoms with Crippen molar-refractivity contribution in [2.24, 2.45) is 0 Å². The number of aromatic nitrogens is 2. The van der Waals surface area contributed by atoms with Crippen LogP contribution in [0.3, 0.4) is 0 Å². The topological polar surface area (TPSA) is 62.1 Å². The lowest BCUT2D eigenvalue weighted by molar-refractivity contribution is 0.00578. The third-order valence-electron chi connectivity index (χ3n) is 4.53. The van der Waals surface area contributed by atoms with Crippen molar-refractivity contribution in [2.75, 3.05) is 6.61 Å². The highest BCUT2D eigenvalue weighted by molar-refractivity contribution is 6.64. The molecule has 6 nitrogen and oxygen atoms in total. The average molecular weight is 316 g/mol. The molecule has 23 heavy (non-hydrogen) atoms. The van der Waals surface area contributed by atoms with E-state index in [9.17, 15) is 4.79 Å². The maximum absolute atomic E-state index is 12.1. The van der Waals surface area contributed by atoms with Crippen molar-refractivity contribution >= 4 is 24.2 Å². The highest BCUT2D eigenvalue weighted by atomic mass is 16.7. The maximum atomic E-state index is 12.1. The first-order valence-electron chi connectivity index (χ1n) is 7.74. The Morgan fingerprint density at radius 2 is 1.96 bits per heavy atom. The van der Waals surface area contributed by atoms with Crippen molar-refractivity contribution < 1.29 is 18.8 Å². The summed E-state index contributed by atoms with van der Waals surface area (Å²) in [5.74, 6) is -0.374. The SMILES string of the molecule is CCOC(=O)c1cc(B2OC(C)(C)C(C)(C)O2)c2nccn2c1. The molecule has 3 rings (SSSR count). The number of ether oxygens (including phenoxy) is 1. The second-order valence-corrected chi connectivity index (χ2v) is 6.65. The number of hydrogen-bond acceptors (Lipinski definition) is 5. The van der Waals surface area contributed by atoms with Crippen LogP contribution in [-0.4, -0.2) is 40.3 Å². The summed E-state index contributed by atoms with van der Waals surface area (Å²) in [4.78, 5) is 16.5. The zero-order valence-electron chi connectivity index (χ0n) is 14.1. The molecule has 1 saturated heterocycles. The summed E-state index contributed by atoms with van der Waals surface area (Å²) in [6, 6.07) is 1.74. The molecule has 0 amide bonds. The van der Waals surface area contributed by atoms with Crippen molar-refractivity contribution in [2.45, 2.75) is 45.8 Å². The number of esters is 1. The fraction of sp³-hybridized carbons (Fsp3) is 0.500. The Kier molecular flexibility index (Phi) is 3.73. The van der Waals surface area contributed by atoms with Crippen LogP contribution in [0.1, 0.15) is 45.0 Å². The van der Waals surface area contributed by atoms with E-state index in [0.717, 1.165) is 5.46 Å². The van der Waals surface area contributed by atoms with Crippen LogP contribution in [0.5, 0.6) is 0 Å². The quantitative estimate of drug-likeness (QED) is 0.638. The van der Waals surface area contributed by atoms with E-state index in [-0.39, 0.29) is 5.97 Å². The number of fused-ring (bicyclic) bond motifs is 1. The molecular weight excluding hydrogens is 295 g/mol. The van der Waals surface area contributed by atoms with E-state index in [4.69, 9.17) is 14.0 Å². The van der Waals surface area contributed by atoms with Gasteiger partial charge in [-0.3, -0.25) is 0 Å². The minimum Gasteiger partial charge on any atom is -0.462 e. The number of carbonyl (C=O) groups is 1. The van der Waals surface area contributed by atoms with Crippen molar-refractivity contribution in [3.8, 4) is 0 Å². The number of pyridine rings is 1. The van der Waals surface area contributed by atoms with Gasteiger partial charge in [-0.25, -0.2) is 9.78 Å². The van der Waals surface area contributed by atoms with Gasteiger partial charge in [-0.1, -0.05) is 0 Å².